The SMILES string of the molecule is O=C(c1ccccc1F)N1CC[C@@H](c2nc(-c3ccc[nH]c3=O)cc(=O)[nH]2)C1. The molecule has 1 saturated heterocycles. The first-order valence-corrected chi connectivity index (χ1v) is 8.86. The first-order chi connectivity index (χ1) is 13.5. The Morgan fingerprint density at radius 3 is 2.79 bits per heavy atom. The van der Waals surface area contributed by atoms with E-state index in [1.807, 2.05) is 0 Å². The minimum Gasteiger partial charge on any atom is -0.338 e. The second-order valence-electron chi connectivity index (χ2n) is 6.65. The number of likely N-dealkylation sites (tertiary alicyclic amines) is 1. The maximum atomic E-state index is 13.9. The van der Waals surface area contributed by atoms with Gasteiger partial charge in [0.1, 0.15) is 11.6 Å². The monoisotopic (exact) mass is 380 g/mol. The highest BCUT2D eigenvalue weighted by molar-refractivity contribution is 5.94. The lowest BCUT2D eigenvalue weighted by atomic mass is 10.1. The number of benzene rings is 1. The van der Waals surface area contributed by atoms with Crippen molar-refractivity contribution >= 4 is 5.91 Å². The third-order valence-electron chi connectivity index (χ3n) is 4.82. The first kappa shape index (κ1) is 17.8. The molecule has 2 N–H and O–H groups in total. The molecule has 1 atom stereocenters. The lowest BCUT2D eigenvalue weighted by Crippen LogP contribution is -2.29. The molecule has 142 valence electrons. The van der Waals surface area contributed by atoms with E-state index in [0.717, 1.165) is 0 Å². The number of amides is 1. The largest absolute Gasteiger partial charge is 0.338 e. The number of carbonyl (C=O) groups is 1. The number of carbonyl (C=O) groups excluding carboxylic acids is 1. The normalized spacial score (nSPS) is 16.3. The molecule has 2 aromatic heterocycles. The van der Waals surface area contributed by atoms with Crippen molar-refractivity contribution in [3.05, 3.63) is 86.6 Å². The molecule has 0 bridgehead atoms. The van der Waals surface area contributed by atoms with Gasteiger partial charge in [0.2, 0.25) is 0 Å². The number of aromatic nitrogens is 3. The fraction of sp³-hybridized carbons (Fsp3) is 0.200. The van der Waals surface area contributed by atoms with E-state index in [-0.39, 0.29) is 28.3 Å². The number of pyridine rings is 1. The molecule has 28 heavy (non-hydrogen) atoms. The lowest BCUT2D eigenvalue weighted by Gasteiger charge is -2.17. The van der Waals surface area contributed by atoms with Crippen LogP contribution in [0.1, 0.15) is 28.5 Å². The standard InChI is InChI=1S/C20H17FN4O3/c21-15-6-2-1-4-13(15)20(28)25-9-7-12(11-25)18-23-16(10-17(26)24-18)14-5-3-8-22-19(14)27/h1-6,8,10,12H,7,9,11H2,(H,22,27)(H,23,24,26)/t12-/m1/s1. The van der Waals surface area contributed by atoms with Crippen LogP contribution in [0.5, 0.6) is 0 Å². The van der Waals surface area contributed by atoms with Gasteiger partial charge < -0.3 is 14.9 Å². The average Bonchev–Trinajstić information content (AvgIpc) is 3.18. The molecule has 4 rings (SSSR count). The van der Waals surface area contributed by atoms with E-state index in [9.17, 15) is 18.8 Å². The second-order valence-corrected chi connectivity index (χ2v) is 6.65. The fourth-order valence-corrected chi connectivity index (χ4v) is 3.40. The van der Waals surface area contributed by atoms with E-state index in [2.05, 4.69) is 15.0 Å². The Morgan fingerprint density at radius 1 is 1.18 bits per heavy atom. The van der Waals surface area contributed by atoms with Gasteiger partial charge >= 0.3 is 0 Å². The van der Waals surface area contributed by atoms with Gasteiger partial charge in [0, 0.05) is 31.3 Å². The number of nitrogens with zero attached hydrogens (tertiary/aromatic N) is 2. The van der Waals surface area contributed by atoms with Crippen LogP contribution >= 0.6 is 0 Å². The van der Waals surface area contributed by atoms with Gasteiger partial charge in [-0.15, -0.1) is 0 Å². The summed E-state index contributed by atoms with van der Waals surface area (Å²) in [5, 5.41) is 0. The van der Waals surface area contributed by atoms with Crippen molar-refractivity contribution in [1.29, 1.82) is 0 Å². The Labute approximate surface area is 158 Å². The molecule has 8 heteroatoms. The predicted molar refractivity (Wildman–Crippen MR) is 101 cm³/mol. The van der Waals surface area contributed by atoms with E-state index >= 15 is 0 Å². The van der Waals surface area contributed by atoms with E-state index < -0.39 is 11.7 Å². The highest BCUT2D eigenvalue weighted by Gasteiger charge is 2.30. The van der Waals surface area contributed by atoms with Gasteiger partial charge in [-0.05, 0) is 30.7 Å². The van der Waals surface area contributed by atoms with Crippen LogP contribution in [0.2, 0.25) is 0 Å². The van der Waals surface area contributed by atoms with Crippen molar-refractivity contribution in [2.24, 2.45) is 0 Å². The molecule has 0 unspecified atom stereocenters. The summed E-state index contributed by atoms with van der Waals surface area (Å²) in [6.45, 7) is 0.738. The van der Waals surface area contributed by atoms with Crippen LogP contribution < -0.4 is 11.1 Å². The van der Waals surface area contributed by atoms with Crippen LogP contribution in [0.3, 0.4) is 0 Å². The van der Waals surface area contributed by atoms with E-state index in [1.165, 1.54) is 30.5 Å². The molecule has 1 aliphatic rings. The molecule has 1 aliphatic heterocycles. The van der Waals surface area contributed by atoms with Crippen LogP contribution in [0, 0.1) is 5.82 Å². The van der Waals surface area contributed by atoms with Crippen molar-refractivity contribution in [1.82, 2.24) is 19.9 Å². The van der Waals surface area contributed by atoms with Crippen molar-refractivity contribution < 1.29 is 9.18 Å². The molecule has 0 spiro atoms. The number of aromatic amines is 2. The number of halogens is 1. The van der Waals surface area contributed by atoms with E-state index in [0.29, 0.717) is 30.9 Å². The van der Waals surface area contributed by atoms with E-state index in [1.54, 1.807) is 23.1 Å². The van der Waals surface area contributed by atoms with Crippen molar-refractivity contribution in [2.75, 3.05) is 13.1 Å². The molecule has 3 aromatic rings. The maximum Gasteiger partial charge on any atom is 0.257 e. The number of hydrogen-bond acceptors (Lipinski definition) is 4. The zero-order valence-corrected chi connectivity index (χ0v) is 14.8. The van der Waals surface area contributed by atoms with Crippen LogP contribution in [-0.4, -0.2) is 38.8 Å². The fourth-order valence-electron chi connectivity index (χ4n) is 3.40. The van der Waals surface area contributed by atoms with Gasteiger partial charge in [-0.2, -0.15) is 0 Å². The Kier molecular flexibility index (Phi) is 4.60. The lowest BCUT2D eigenvalue weighted by molar-refractivity contribution is 0.0786. The minimum atomic E-state index is -0.562. The average molecular weight is 380 g/mol. The highest BCUT2D eigenvalue weighted by Crippen LogP contribution is 2.26. The summed E-state index contributed by atoms with van der Waals surface area (Å²) in [5.74, 6) is -0.743. The molecule has 0 saturated carbocycles. The molecular weight excluding hydrogens is 363 g/mol. The van der Waals surface area contributed by atoms with Crippen LogP contribution in [-0.2, 0) is 0 Å². The van der Waals surface area contributed by atoms with Crippen molar-refractivity contribution in [3.63, 3.8) is 0 Å². The van der Waals surface area contributed by atoms with Gasteiger partial charge in [0.25, 0.3) is 17.0 Å². The van der Waals surface area contributed by atoms with Crippen molar-refractivity contribution in [3.8, 4) is 11.3 Å². The second kappa shape index (κ2) is 7.22. The van der Waals surface area contributed by atoms with Crippen LogP contribution in [0.25, 0.3) is 11.3 Å². The Bertz CT molecular complexity index is 1150. The Morgan fingerprint density at radius 2 is 2.00 bits per heavy atom. The third kappa shape index (κ3) is 3.36. The smallest absolute Gasteiger partial charge is 0.257 e. The third-order valence-corrected chi connectivity index (χ3v) is 4.82. The first-order valence-electron chi connectivity index (χ1n) is 8.86. The summed E-state index contributed by atoms with van der Waals surface area (Å²) in [5.41, 5.74) is -0.114. The van der Waals surface area contributed by atoms with Crippen molar-refractivity contribution in [2.45, 2.75) is 12.3 Å². The Hall–Kier alpha value is -3.55. The zero-order valence-electron chi connectivity index (χ0n) is 14.8. The summed E-state index contributed by atoms with van der Waals surface area (Å²) < 4.78 is 13.9. The van der Waals surface area contributed by atoms with Gasteiger partial charge in [-0.25, -0.2) is 9.37 Å². The molecule has 0 aliphatic carbocycles. The van der Waals surface area contributed by atoms with E-state index in [4.69, 9.17) is 0 Å². The molecular formula is C20H17FN4O3. The molecule has 1 aromatic carbocycles. The number of nitrogens with one attached hydrogen (secondary N) is 2. The summed E-state index contributed by atoms with van der Waals surface area (Å²) >= 11 is 0. The van der Waals surface area contributed by atoms with Crippen LogP contribution in [0.15, 0.2) is 58.3 Å². The zero-order chi connectivity index (χ0) is 19.7. The van der Waals surface area contributed by atoms with Gasteiger partial charge in [0.05, 0.1) is 16.8 Å². The highest BCUT2D eigenvalue weighted by atomic mass is 19.1. The number of H-pyrrole nitrogens is 2. The number of hydrogen-bond donors (Lipinski definition) is 2. The summed E-state index contributed by atoms with van der Waals surface area (Å²) in [6.07, 6.45) is 2.08. The molecule has 0 radical (unpaired) electrons. The Balaban J connectivity index is 1.60. The molecule has 1 amide bonds. The van der Waals surface area contributed by atoms with Gasteiger partial charge in [0.15, 0.2) is 0 Å². The van der Waals surface area contributed by atoms with Gasteiger partial charge in [-0.3, -0.25) is 14.4 Å². The molecule has 7 nitrogen and oxygen atoms in total. The minimum absolute atomic E-state index is 0.0224. The maximum absolute atomic E-state index is 13.9. The molecule has 1 fully saturated rings. The topological polar surface area (TPSA) is 98.9 Å². The molecule has 3 heterocycles. The quantitative estimate of drug-likeness (QED) is 0.725. The summed E-state index contributed by atoms with van der Waals surface area (Å²) in [7, 11) is 0. The van der Waals surface area contributed by atoms with Gasteiger partial charge in [-0.1, -0.05) is 12.1 Å². The predicted octanol–water partition coefficient (Wildman–Crippen LogP) is 1.89. The summed E-state index contributed by atoms with van der Waals surface area (Å²) in [6, 6.07) is 10.4. The summed E-state index contributed by atoms with van der Waals surface area (Å²) in [4.78, 5) is 47.9. The number of rotatable bonds is 3. The van der Waals surface area contributed by atoms with Crippen LogP contribution in [0.4, 0.5) is 4.39 Å².